The van der Waals surface area contributed by atoms with Crippen LogP contribution in [0.15, 0.2) is 10.9 Å². The molecular weight excluding hydrogens is 268 g/mol. The first-order valence-electron chi connectivity index (χ1n) is 6.32. The highest BCUT2D eigenvalue weighted by Gasteiger charge is 2.26. The molecule has 106 valence electrons. The first-order chi connectivity index (χ1) is 9.00. The van der Waals surface area contributed by atoms with Gasteiger partial charge in [0.15, 0.2) is 0 Å². The van der Waals surface area contributed by atoms with Gasteiger partial charge in [-0.3, -0.25) is 4.79 Å². The van der Waals surface area contributed by atoms with Gasteiger partial charge in [0.25, 0.3) is 5.56 Å². The minimum absolute atomic E-state index is 0.0475. The van der Waals surface area contributed by atoms with Gasteiger partial charge >= 0.3 is 0 Å². The quantitative estimate of drug-likeness (QED) is 0.654. The van der Waals surface area contributed by atoms with E-state index in [1.54, 1.807) is 6.92 Å². The lowest BCUT2D eigenvalue weighted by atomic mass is 10.4. The summed E-state index contributed by atoms with van der Waals surface area (Å²) in [6.07, 6.45) is 2.09. The summed E-state index contributed by atoms with van der Waals surface area (Å²) >= 11 is 0. The maximum Gasteiger partial charge on any atom is 0.252 e. The van der Waals surface area contributed by atoms with Crippen molar-refractivity contribution in [1.82, 2.24) is 14.7 Å². The Morgan fingerprint density at radius 1 is 1.47 bits per heavy atom. The highest BCUT2D eigenvalue weighted by molar-refractivity contribution is 7.89. The summed E-state index contributed by atoms with van der Waals surface area (Å²) in [6, 6.07) is 1.34. The highest BCUT2D eigenvalue weighted by Crippen LogP contribution is 2.37. The first-order valence-corrected chi connectivity index (χ1v) is 7.98. The molecule has 1 aromatic rings. The summed E-state index contributed by atoms with van der Waals surface area (Å²) in [6.45, 7) is 2.32. The van der Waals surface area contributed by atoms with Gasteiger partial charge in [0.1, 0.15) is 11.6 Å². The smallest absolute Gasteiger partial charge is 0.252 e. The van der Waals surface area contributed by atoms with E-state index in [4.69, 9.17) is 0 Å². The van der Waals surface area contributed by atoms with Gasteiger partial charge in [0.05, 0.1) is 5.75 Å². The molecule has 1 heterocycles. The van der Waals surface area contributed by atoms with Crippen LogP contribution >= 0.6 is 0 Å². The van der Waals surface area contributed by atoms with E-state index >= 15 is 0 Å². The summed E-state index contributed by atoms with van der Waals surface area (Å²) in [5.74, 6) is 1.41. The molecule has 2 rings (SSSR count). The van der Waals surface area contributed by atoms with Gasteiger partial charge in [0, 0.05) is 25.1 Å². The minimum atomic E-state index is -3.25. The zero-order valence-corrected chi connectivity index (χ0v) is 11.6. The Hall–Kier alpha value is -1.41. The predicted octanol–water partition coefficient (Wildman–Crippen LogP) is -0.00150. The number of H-pyrrole nitrogens is 1. The van der Waals surface area contributed by atoms with E-state index in [1.807, 2.05) is 0 Å². The number of aromatic nitrogens is 2. The average molecular weight is 286 g/mol. The topological polar surface area (TPSA) is 104 Å². The SMILES string of the molecule is CCNS(=O)(=O)CCNc1cc(=O)[nH]c(C2CC2)n1. The highest BCUT2D eigenvalue weighted by atomic mass is 32.2. The lowest BCUT2D eigenvalue weighted by Crippen LogP contribution is -2.29. The van der Waals surface area contributed by atoms with Crippen molar-refractivity contribution >= 4 is 15.8 Å². The van der Waals surface area contributed by atoms with Crippen molar-refractivity contribution in [2.45, 2.75) is 25.7 Å². The Morgan fingerprint density at radius 2 is 2.21 bits per heavy atom. The van der Waals surface area contributed by atoms with E-state index in [-0.39, 0.29) is 17.9 Å². The molecule has 0 bridgehead atoms. The summed E-state index contributed by atoms with van der Waals surface area (Å²) in [5.41, 5.74) is -0.214. The molecule has 1 saturated carbocycles. The van der Waals surface area contributed by atoms with E-state index in [0.717, 1.165) is 12.8 Å². The van der Waals surface area contributed by atoms with E-state index in [9.17, 15) is 13.2 Å². The minimum Gasteiger partial charge on any atom is -0.369 e. The summed E-state index contributed by atoms with van der Waals surface area (Å²) in [4.78, 5) is 18.4. The molecular formula is C11H18N4O3S. The number of nitrogens with zero attached hydrogens (tertiary/aromatic N) is 1. The molecule has 1 aliphatic carbocycles. The molecule has 0 saturated heterocycles. The zero-order chi connectivity index (χ0) is 13.9. The number of nitrogens with one attached hydrogen (secondary N) is 3. The number of hydrogen-bond acceptors (Lipinski definition) is 5. The third-order valence-electron chi connectivity index (χ3n) is 2.77. The molecule has 0 spiro atoms. The van der Waals surface area contributed by atoms with Gasteiger partial charge in [0.2, 0.25) is 10.0 Å². The van der Waals surface area contributed by atoms with Crippen LogP contribution in [0.4, 0.5) is 5.82 Å². The summed E-state index contributed by atoms with van der Waals surface area (Å²) < 4.78 is 25.3. The van der Waals surface area contributed by atoms with Crippen LogP contribution in [-0.4, -0.2) is 37.2 Å². The monoisotopic (exact) mass is 286 g/mol. The zero-order valence-electron chi connectivity index (χ0n) is 10.8. The van der Waals surface area contributed by atoms with Crippen LogP contribution in [-0.2, 0) is 10.0 Å². The molecule has 1 fully saturated rings. The lowest BCUT2D eigenvalue weighted by Gasteiger charge is -2.07. The average Bonchev–Trinajstić information content (AvgIpc) is 3.11. The molecule has 0 amide bonds. The van der Waals surface area contributed by atoms with Gasteiger partial charge in [-0.2, -0.15) is 0 Å². The van der Waals surface area contributed by atoms with Gasteiger partial charge in [-0.15, -0.1) is 0 Å². The Morgan fingerprint density at radius 3 is 2.84 bits per heavy atom. The normalized spacial score (nSPS) is 15.4. The fourth-order valence-electron chi connectivity index (χ4n) is 1.72. The Labute approximate surface area is 111 Å². The van der Waals surface area contributed by atoms with E-state index < -0.39 is 10.0 Å². The molecule has 1 aliphatic rings. The second kappa shape index (κ2) is 5.70. The second-order valence-corrected chi connectivity index (χ2v) is 6.46. The van der Waals surface area contributed by atoms with Crippen molar-refractivity contribution in [2.24, 2.45) is 0 Å². The maximum atomic E-state index is 11.4. The Balaban J connectivity index is 1.94. The third kappa shape index (κ3) is 4.32. The van der Waals surface area contributed by atoms with Crippen molar-refractivity contribution in [2.75, 3.05) is 24.2 Å². The van der Waals surface area contributed by atoms with Gasteiger partial charge in [-0.1, -0.05) is 6.92 Å². The van der Waals surface area contributed by atoms with Crippen molar-refractivity contribution < 1.29 is 8.42 Å². The van der Waals surface area contributed by atoms with Crippen molar-refractivity contribution in [3.8, 4) is 0 Å². The molecule has 8 heteroatoms. The van der Waals surface area contributed by atoms with Gasteiger partial charge < -0.3 is 10.3 Å². The summed E-state index contributed by atoms with van der Waals surface area (Å²) in [7, 11) is -3.25. The van der Waals surface area contributed by atoms with Crippen molar-refractivity contribution in [3.05, 3.63) is 22.2 Å². The largest absolute Gasteiger partial charge is 0.369 e. The van der Waals surface area contributed by atoms with Crippen molar-refractivity contribution in [3.63, 3.8) is 0 Å². The molecule has 0 aliphatic heterocycles. The van der Waals surface area contributed by atoms with Crippen LogP contribution in [0.3, 0.4) is 0 Å². The molecule has 3 N–H and O–H groups in total. The molecule has 7 nitrogen and oxygen atoms in total. The molecule has 1 aromatic heterocycles. The van der Waals surface area contributed by atoms with E-state index in [2.05, 4.69) is 20.0 Å². The van der Waals surface area contributed by atoms with Crippen LogP contribution in [0.1, 0.15) is 31.5 Å². The third-order valence-corrected chi connectivity index (χ3v) is 4.24. The van der Waals surface area contributed by atoms with Crippen LogP contribution in [0.2, 0.25) is 0 Å². The Kier molecular flexibility index (Phi) is 4.20. The summed E-state index contributed by atoms with van der Waals surface area (Å²) in [5, 5.41) is 2.87. The molecule has 0 radical (unpaired) electrons. The van der Waals surface area contributed by atoms with Crippen LogP contribution < -0.4 is 15.6 Å². The fraction of sp³-hybridized carbons (Fsp3) is 0.636. The lowest BCUT2D eigenvalue weighted by molar-refractivity contribution is 0.584. The number of rotatable bonds is 7. The van der Waals surface area contributed by atoms with Gasteiger partial charge in [-0.25, -0.2) is 18.1 Å². The molecule has 0 unspecified atom stereocenters. The van der Waals surface area contributed by atoms with Crippen LogP contribution in [0.5, 0.6) is 0 Å². The molecule has 0 atom stereocenters. The standard InChI is InChI=1S/C11H18N4O3S/c1-2-13-19(17,18)6-5-12-9-7-10(16)15-11(14-9)8-3-4-8/h7-8,13H,2-6H2,1H3,(H2,12,14,15,16). The second-order valence-electron chi connectivity index (χ2n) is 4.53. The fourth-order valence-corrected chi connectivity index (χ4v) is 2.68. The number of aromatic amines is 1. The number of hydrogen-bond donors (Lipinski definition) is 3. The van der Waals surface area contributed by atoms with Crippen LogP contribution in [0, 0.1) is 0 Å². The van der Waals surface area contributed by atoms with Crippen molar-refractivity contribution in [1.29, 1.82) is 0 Å². The molecule has 19 heavy (non-hydrogen) atoms. The Bertz CT molecular complexity index is 592. The molecule has 0 aromatic carbocycles. The first kappa shape index (κ1) is 14.0. The maximum absolute atomic E-state index is 11.4. The predicted molar refractivity (Wildman–Crippen MR) is 72.8 cm³/mol. The van der Waals surface area contributed by atoms with Crippen LogP contribution in [0.25, 0.3) is 0 Å². The van der Waals surface area contributed by atoms with E-state index in [0.29, 0.717) is 24.1 Å². The number of anilines is 1. The van der Waals surface area contributed by atoms with E-state index in [1.165, 1.54) is 6.07 Å². The van der Waals surface area contributed by atoms with Gasteiger partial charge in [-0.05, 0) is 12.8 Å². The number of sulfonamides is 1.